The van der Waals surface area contributed by atoms with E-state index in [1.165, 1.54) is 27.5 Å². The van der Waals surface area contributed by atoms with Gasteiger partial charge in [0.2, 0.25) is 5.91 Å². The zero-order chi connectivity index (χ0) is 17.1. The van der Waals surface area contributed by atoms with Crippen molar-refractivity contribution in [2.75, 3.05) is 11.1 Å². The maximum atomic E-state index is 12.3. The van der Waals surface area contributed by atoms with Crippen molar-refractivity contribution in [1.29, 1.82) is 0 Å². The van der Waals surface area contributed by atoms with Gasteiger partial charge in [-0.05, 0) is 41.0 Å². The maximum absolute atomic E-state index is 12.3. The average Bonchev–Trinajstić information content (AvgIpc) is 3.07. The smallest absolute Gasteiger partial charge is 0.225 e. The minimum absolute atomic E-state index is 0.0965. The quantitative estimate of drug-likeness (QED) is 0.621. The lowest BCUT2D eigenvalue weighted by Gasteiger charge is -2.10. The first-order chi connectivity index (χ1) is 12.3. The predicted octanol–water partition coefficient (Wildman–Crippen LogP) is 5.20. The molecule has 3 aromatic rings. The molecule has 3 heteroatoms. The molecule has 0 atom stereocenters. The summed E-state index contributed by atoms with van der Waals surface area (Å²) in [4.78, 5) is 12.3. The molecule has 0 radical (unpaired) electrons. The number of carbonyl (C=O) groups excluding carboxylic acids is 1. The molecule has 0 unspecified atom stereocenters. The van der Waals surface area contributed by atoms with E-state index in [0.29, 0.717) is 6.42 Å². The lowest BCUT2D eigenvalue weighted by molar-refractivity contribution is -0.115. The molecule has 3 aromatic carbocycles. The molecule has 1 aliphatic rings. The molecule has 0 fully saturated rings. The van der Waals surface area contributed by atoms with E-state index in [2.05, 4.69) is 59.9 Å². The lowest BCUT2D eigenvalue weighted by Crippen LogP contribution is -2.12. The molecule has 0 heterocycles. The zero-order valence-electron chi connectivity index (χ0n) is 14.1. The van der Waals surface area contributed by atoms with Gasteiger partial charge >= 0.3 is 0 Å². The lowest BCUT2D eigenvalue weighted by atomic mass is 10.0. The third kappa shape index (κ3) is 3.57. The van der Waals surface area contributed by atoms with Crippen LogP contribution in [0.25, 0.3) is 10.8 Å². The Labute approximate surface area is 152 Å². The van der Waals surface area contributed by atoms with E-state index >= 15 is 0 Å². The summed E-state index contributed by atoms with van der Waals surface area (Å²) in [6, 6.07) is 21.0. The fraction of sp³-hybridized carbons (Fsp3) is 0.227. The molecular weight excluding hydrogens is 326 g/mol. The van der Waals surface area contributed by atoms with Crippen LogP contribution >= 0.6 is 11.8 Å². The number of anilines is 1. The van der Waals surface area contributed by atoms with E-state index in [0.717, 1.165) is 30.0 Å². The van der Waals surface area contributed by atoms with Gasteiger partial charge in [-0.15, -0.1) is 0 Å². The summed E-state index contributed by atoms with van der Waals surface area (Å²) in [6.45, 7) is 0. The van der Waals surface area contributed by atoms with Crippen LogP contribution in [0.15, 0.2) is 60.7 Å². The summed E-state index contributed by atoms with van der Waals surface area (Å²) in [6.07, 6.45) is 2.76. The number of amides is 1. The van der Waals surface area contributed by atoms with Crippen molar-refractivity contribution < 1.29 is 4.79 Å². The third-order valence-electron chi connectivity index (χ3n) is 4.74. The van der Waals surface area contributed by atoms with Gasteiger partial charge in [-0.25, -0.2) is 0 Å². The monoisotopic (exact) mass is 347 g/mol. The van der Waals surface area contributed by atoms with Crippen molar-refractivity contribution >= 4 is 34.1 Å². The number of nitrogens with one attached hydrogen (secondary N) is 1. The van der Waals surface area contributed by atoms with E-state index in [-0.39, 0.29) is 5.91 Å². The molecule has 1 aliphatic carbocycles. The molecule has 4 rings (SSSR count). The summed E-state index contributed by atoms with van der Waals surface area (Å²) in [7, 11) is 0. The molecule has 1 amide bonds. The van der Waals surface area contributed by atoms with Gasteiger partial charge in [0, 0.05) is 29.0 Å². The molecule has 2 nitrogen and oxygen atoms in total. The number of hydrogen-bond acceptors (Lipinski definition) is 2. The van der Waals surface area contributed by atoms with Crippen LogP contribution in [-0.2, 0) is 23.4 Å². The van der Waals surface area contributed by atoms with Crippen LogP contribution in [0.5, 0.6) is 0 Å². The van der Waals surface area contributed by atoms with Gasteiger partial charge < -0.3 is 5.32 Å². The highest BCUT2D eigenvalue weighted by atomic mass is 32.2. The van der Waals surface area contributed by atoms with Crippen molar-refractivity contribution in [2.45, 2.75) is 25.0 Å². The van der Waals surface area contributed by atoms with Crippen LogP contribution < -0.4 is 5.32 Å². The normalized spacial score (nSPS) is 12.5. The van der Waals surface area contributed by atoms with Gasteiger partial charge in [-0.1, -0.05) is 54.6 Å². The Balaban J connectivity index is 1.36. The molecule has 0 aromatic heterocycles. The fourth-order valence-electron chi connectivity index (χ4n) is 3.50. The third-order valence-corrected chi connectivity index (χ3v) is 5.77. The van der Waals surface area contributed by atoms with Gasteiger partial charge in [0.05, 0.1) is 0 Å². The van der Waals surface area contributed by atoms with Crippen LogP contribution in [0, 0.1) is 0 Å². The molecule has 0 spiro atoms. The Hall–Kier alpha value is -2.26. The molecule has 0 aliphatic heterocycles. The van der Waals surface area contributed by atoms with Gasteiger partial charge in [0.15, 0.2) is 0 Å². The summed E-state index contributed by atoms with van der Waals surface area (Å²) < 4.78 is 0. The standard InChI is InChI=1S/C22H21NOS/c24-21(13-14-25-15-16-5-2-1-3-6-16)23-20-12-11-18-10-9-17-7-4-8-19(20)22(17)18/h1-8,11-12H,9-10,13-15H2,(H,23,24). The van der Waals surface area contributed by atoms with Gasteiger partial charge in [-0.3, -0.25) is 4.79 Å². The average molecular weight is 347 g/mol. The number of hydrogen-bond donors (Lipinski definition) is 1. The first-order valence-corrected chi connectivity index (χ1v) is 9.92. The molecular formula is C22H21NOS. The Bertz CT molecular complexity index is 894. The first-order valence-electron chi connectivity index (χ1n) is 8.76. The van der Waals surface area contributed by atoms with E-state index in [9.17, 15) is 4.79 Å². The number of benzene rings is 3. The minimum atomic E-state index is 0.0965. The molecule has 0 saturated heterocycles. The summed E-state index contributed by atoms with van der Waals surface area (Å²) in [5, 5.41) is 5.64. The molecule has 0 saturated carbocycles. The largest absolute Gasteiger partial charge is 0.325 e. The second-order valence-corrected chi connectivity index (χ2v) is 7.55. The Morgan fingerprint density at radius 3 is 2.56 bits per heavy atom. The van der Waals surface area contributed by atoms with Crippen LogP contribution in [0.2, 0.25) is 0 Å². The fourth-order valence-corrected chi connectivity index (χ4v) is 4.40. The maximum Gasteiger partial charge on any atom is 0.225 e. The van der Waals surface area contributed by atoms with E-state index in [1.807, 2.05) is 6.07 Å². The van der Waals surface area contributed by atoms with E-state index < -0.39 is 0 Å². The second kappa shape index (κ2) is 7.32. The minimum Gasteiger partial charge on any atom is -0.325 e. The van der Waals surface area contributed by atoms with E-state index in [1.54, 1.807) is 11.8 Å². The number of carbonyl (C=O) groups is 1. The van der Waals surface area contributed by atoms with Gasteiger partial charge in [-0.2, -0.15) is 11.8 Å². The van der Waals surface area contributed by atoms with E-state index in [4.69, 9.17) is 0 Å². The molecule has 25 heavy (non-hydrogen) atoms. The highest BCUT2D eigenvalue weighted by molar-refractivity contribution is 7.98. The Morgan fingerprint density at radius 2 is 1.72 bits per heavy atom. The van der Waals surface area contributed by atoms with Crippen molar-refractivity contribution in [2.24, 2.45) is 0 Å². The van der Waals surface area contributed by atoms with Crippen molar-refractivity contribution in [3.63, 3.8) is 0 Å². The van der Waals surface area contributed by atoms with Gasteiger partial charge in [0.25, 0.3) is 0 Å². The molecule has 1 N–H and O–H groups in total. The molecule has 126 valence electrons. The van der Waals surface area contributed by atoms with Crippen molar-refractivity contribution in [1.82, 2.24) is 0 Å². The highest BCUT2D eigenvalue weighted by Gasteiger charge is 2.16. The summed E-state index contributed by atoms with van der Waals surface area (Å²) in [5.74, 6) is 1.89. The van der Waals surface area contributed by atoms with Crippen LogP contribution in [0.3, 0.4) is 0 Å². The summed E-state index contributed by atoms with van der Waals surface area (Å²) in [5.41, 5.74) is 5.06. The highest BCUT2D eigenvalue weighted by Crippen LogP contribution is 2.35. The van der Waals surface area contributed by atoms with Crippen LogP contribution in [-0.4, -0.2) is 11.7 Å². The van der Waals surface area contributed by atoms with Crippen LogP contribution in [0.4, 0.5) is 5.69 Å². The predicted molar refractivity (Wildman–Crippen MR) is 107 cm³/mol. The summed E-state index contributed by atoms with van der Waals surface area (Å²) >= 11 is 1.80. The SMILES string of the molecule is O=C(CCSCc1ccccc1)Nc1ccc2c3c(cccc13)CC2. The first kappa shape index (κ1) is 16.2. The van der Waals surface area contributed by atoms with Crippen molar-refractivity contribution in [3.8, 4) is 0 Å². The Morgan fingerprint density at radius 1 is 0.920 bits per heavy atom. The molecule has 0 bridgehead atoms. The number of thioether (sulfide) groups is 1. The van der Waals surface area contributed by atoms with Gasteiger partial charge in [0.1, 0.15) is 0 Å². The van der Waals surface area contributed by atoms with Crippen molar-refractivity contribution in [3.05, 3.63) is 77.4 Å². The number of aryl methyl sites for hydroxylation is 2. The van der Waals surface area contributed by atoms with Crippen LogP contribution in [0.1, 0.15) is 23.1 Å². The topological polar surface area (TPSA) is 29.1 Å². The second-order valence-electron chi connectivity index (χ2n) is 6.45. The Kier molecular flexibility index (Phi) is 4.75. The number of rotatable bonds is 6. The zero-order valence-corrected chi connectivity index (χ0v) is 14.9.